The average molecular weight is 379 g/mol. The van der Waals surface area contributed by atoms with Gasteiger partial charge in [0.15, 0.2) is 0 Å². The number of imidazole rings is 1. The quantitative estimate of drug-likeness (QED) is 0.503. The molecule has 0 unspecified atom stereocenters. The zero-order valence-electron chi connectivity index (χ0n) is 12.9. The van der Waals surface area contributed by atoms with Crippen molar-refractivity contribution in [3.63, 3.8) is 0 Å². The number of rotatable bonds is 4. The molecule has 1 aromatic heterocycles. The first-order valence-electron chi connectivity index (χ1n) is 7.71. The third-order valence-corrected chi connectivity index (χ3v) is 4.64. The number of benzene rings is 3. The SMILES string of the molecule is Brc1ccccc1COc1ccc(-c2nc3ccccc3[nH]2)cc1. The Morgan fingerprint density at radius 3 is 2.42 bits per heavy atom. The highest BCUT2D eigenvalue weighted by Crippen LogP contribution is 2.24. The Labute approximate surface area is 148 Å². The van der Waals surface area contributed by atoms with E-state index in [1.54, 1.807) is 0 Å². The van der Waals surface area contributed by atoms with Crippen molar-refractivity contribution < 1.29 is 4.74 Å². The molecule has 0 aliphatic carbocycles. The number of nitrogens with zero attached hydrogens (tertiary/aromatic N) is 1. The molecule has 0 radical (unpaired) electrons. The molecule has 3 aromatic carbocycles. The van der Waals surface area contributed by atoms with Crippen LogP contribution in [0, 0.1) is 0 Å². The molecule has 0 aliphatic rings. The Hall–Kier alpha value is -2.59. The lowest BCUT2D eigenvalue weighted by molar-refractivity contribution is 0.305. The molecule has 0 saturated heterocycles. The third-order valence-electron chi connectivity index (χ3n) is 3.87. The second-order valence-electron chi connectivity index (χ2n) is 5.51. The Balaban J connectivity index is 1.51. The second-order valence-corrected chi connectivity index (χ2v) is 6.36. The van der Waals surface area contributed by atoms with Crippen molar-refractivity contribution in [3.8, 4) is 17.1 Å². The summed E-state index contributed by atoms with van der Waals surface area (Å²) in [6, 6.07) is 24.1. The van der Waals surface area contributed by atoms with Crippen molar-refractivity contribution in [3.05, 3.63) is 82.8 Å². The standard InChI is InChI=1S/C20H15BrN2O/c21-17-6-2-1-5-15(17)13-24-16-11-9-14(10-12-16)20-22-18-7-3-4-8-19(18)23-20/h1-12H,13H2,(H,22,23). The minimum absolute atomic E-state index is 0.533. The number of nitrogens with one attached hydrogen (secondary N) is 1. The lowest BCUT2D eigenvalue weighted by Gasteiger charge is -2.08. The van der Waals surface area contributed by atoms with Gasteiger partial charge in [-0.15, -0.1) is 0 Å². The fourth-order valence-corrected chi connectivity index (χ4v) is 2.97. The van der Waals surface area contributed by atoms with Crippen molar-refractivity contribution in [2.24, 2.45) is 0 Å². The van der Waals surface area contributed by atoms with Crippen LogP contribution >= 0.6 is 15.9 Å². The van der Waals surface area contributed by atoms with Gasteiger partial charge in [-0.05, 0) is 42.5 Å². The van der Waals surface area contributed by atoms with E-state index in [4.69, 9.17) is 4.74 Å². The molecule has 0 bridgehead atoms. The van der Waals surface area contributed by atoms with Crippen LogP contribution in [0.5, 0.6) is 5.75 Å². The minimum Gasteiger partial charge on any atom is -0.489 e. The van der Waals surface area contributed by atoms with Crippen molar-refractivity contribution >= 4 is 27.0 Å². The van der Waals surface area contributed by atoms with Crippen molar-refractivity contribution in [1.29, 1.82) is 0 Å². The van der Waals surface area contributed by atoms with Crippen molar-refractivity contribution in [2.75, 3.05) is 0 Å². The molecular formula is C20H15BrN2O. The molecule has 0 saturated carbocycles. The highest BCUT2D eigenvalue weighted by atomic mass is 79.9. The lowest BCUT2D eigenvalue weighted by Crippen LogP contribution is -1.96. The number of hydrogen-bond acceptors (Lipinski definition) is 2. The van der Waals surface area contributed by atoms with Crippen LogP contribution in [0.3, 0.4) is 0 Å². The van der Waals surface area contributed by atoms with Crippen LogP contribution in [0.2, 0.25) is 0 Å². The Kier molecular flexibility index (Phi) is 4.05. The molecule has 3 nitrogen and oxygen atoms in total. The number of aromatic nitrogens is 2. The monoisotopic (exact) mass is 378 g/mol. The van der Waals surface area contributed by atoms with Gasteiger partial charge in [-0.2, -0.15) is 0 Å². The topological polar surface area (TPSA) is 37.9 Å². The summed E-state index contributed by atoms with van der Waals surface area (Å²) in [7, 11) is 0. The fourth-order valence-electron chi connectivity index (χ4n) is 2.58. The maximum absolute atomic E-state index is 5.86. The number of para-hydroxylation sites is 2. The molecule has 1 N–H and O–H groups in total. The van der Waals surface area contributed by atoms with Gasteiger partial charge < -0.3 is 9.72 Å². The van der Waals surface area contributed by atoms with Gasteiger partial charge >= 0.3 is 0 Å². The summed E-state index contributed by atoms with van der Waals surface area (Å²) >= 11 is 3.54. The normalized spacial score (nSPS) is 10.9. The number of H-pyrrole nitrogens is 1. The summed E-state index contributed by atoms with van der Waals surface area (Å²) in [6.45, 7) is 0.533. The van der Waals surface area contributed by atoms with Gasteiger partial charge in [0.1, 0.15) is 18.2 Å². The molecular weight excluding hydrogens is 364 g/mol. The predicted molar refractivity (Wildman–Crippen MR) is 100 cm³/mol. The first-order chi connectivity index (χ1) is 11.8. The molecule has 0 spiro atoms. The van der Waals surface area contributed by atoms with Gasteiger partial charge in [-0.25, -0.2) is 4.98 Å². The highest BCUT2D eigenvalue weighted by molar-refractivity contribution is 9.10. The van der Waals surface area contributed by atoms with E-state index in [-0.39, 0.29) is 0 Å². The molecule has 4 heteroatoms. The van der Waals surface area contributed by atoms with Gasteiger partial charge in [0.25, 0.3) is 0 Å². The Morgan fingerprint density at radius 2 is 1.62 bits per heavy atom. The summed E-state index contributed by atoms with van der Waals surface area (Å²) < 4.78 is 6.92. The van der Waals surface area contributed by atoms with Crippen LogP contribution in [-0.2, 0) is 6.61 Å². The maximum atomic E-state index is 5.86. The Bertz CT molecular complexity index is 943. The molecule has 0 aliphatic heterocycles. The van der Waals surface area contributed by atoms with E-state index >= 15 is 0 Å². The summed E-state index contributed by atoms with van der Waals surface area (Å²) in [5.41, 5.74) is 4.18. The van der Waals surface area contributed by atoms with E-state index in [2.05, 4.69) is 25.9 Å². The van der Waals surface area contributed by atoms with E-state index in [1.165, 1.54) is 0 Å². The van der Waals surface area contributed by atoms with Gasteiger partial charge in [-0.1, -0.05) is 46.3 Å². The van der Waals surface area contributed by atoms with Crippen molar-refractivity contribution in [2.45, 2.75) is 6.61 Å². The molecule has 24 heavy (non-hydrogen) atoms. The van der Waals surface area contributed by atoms with Crippen LogP contribution in [0.4, 0.5) is 0 Å². The highest BCUT2D eigenvalue weighted by Gasteiger charge is 2.05. The smallest absolute Gasteiger partial charge is 0.138 e. The van der Waals surface area contributed by atoms with Crippen LogP contribution in [0.25, 0.3) is 22.4 Å². The number of fused-ring (bicyclic) bond motifs is 1. The van der Waals surface area contributed by atoms with E-state index in [0.29, 0.717) is 6.61 Å². The minimum atomic E-state index is 0.533. The summed E-state index contributed by atoms with van der Waals surface area (Å²) in [5.74, 6) is 1.71. The van der Waals surface area contributed by atoms with Crippen LogP contribution in [0.1, 0.15) is 5.56 Å². The largest absolute Gasteiger partial charge is 0.489 e. The van der Waals surface area contributed by atoms with Gasteiger partial charge in [0.05, 0.1) is 11.0 Å². The molecule has 0 atom stereocenters. The molecule has 1 heterocycles. The van der Waals surface area contributed by atoms with E-state index in [9.17, 15) is 0 Å². The fraction of sp³-hybridized carbons (Fsp3) is 0.0500. The van der Waals surface area contributed by atoms with E-state index in [0.717, 1.165) is 38.2 Å². The van der Waals surface area contributed by atoms with Crippen LogP contribution in [0.15, 0.2) is 77.3 Å². The Morgan fingerprint density at radius 1 is 0.875 bits per heavy atom. The van der Waals surface area contributed by atoms with Gasteiger partial charge in [0.2, 0.25) is 0 Å². The molecule has 0 amide bonds. The summed E-state index contributed by atoms with van der Waals surface area (Å²) in [4.78, 5) is 7.95. The number of aromatic amines is 1. The maximum Gasteiger partial charge on any atom is 0.138 e. The molecule has 4 rings (SSSR count). The van der Waals surface area contributed by atoms with E-state index < -0.39 is 0 Å². The van der Waals surface area contributed by atoms with Gasteiger partial charge in [-0.3, -0.25) is 0 Å². The number of ether oxygens (including phenoxy) is 1. The van der Waals surface area contributed by atoms with Crippen LogP contribution < -0.4 is 4.74 Å². The predicted octanol–water partition coefficient (Wildman–Crippen LogP) is 5.57. The summed E-state index contributed by atoms with van der Waals surface area (Å²) in [6.07, 6.45) is 0. The zero-order valence-corrected chi connectivity index (χ0v) is 14.5. The number of hydrogen-bond donors (Lipinski definition) is 1. The molecule has 118 valence electrons. The summed E-state index contributed by atoms with van der Waals surface area (Å²) in [5, 5.41) is 0. The third kappa shape index (κ3) is 3.05. The number of halogens is 1. The second kappa shape index (κ2) is 6.49. The molecule has 4 aromatic rings. The first kappa shape index (κ1) is 15.0. The van der Waals surface area contributed by atoms with Crippen molar-refractivity contribution in [1.82, 2.24) is 9.97 Å². The van der Waals surface area contributed by atoms with Gasteiger partial charge in [0, 0.05) is 15.6 Å². The average Bonchev–Trinajstić information content (AvgIpc) is 3.06. The first-order valence-corrected chi connectivity index (χ1v) is 8.50. The zero-order chi connectivity index (χ0) is 16.4. The lowest BCUT2D eigenvalue weighted by atomic mass is 10.2. The van der Waals surface area contributed by atoms with E-state index in [1.807, 2.05) is 72.8 Å². The molecule has 0 fully saturated rings. The van der Waals surface area contributed by atoms with Crippen LogP contribution in [-0.4, -0.2) is 9.97 Å².